The lowest BCUT2D eigenvalue weighted by molar-refractivity contribution is 0.340. The second-order valence-electron chi connectivity index (χ2n) is 4.61. The van der Waals surface area contributed by atoms with Crippen molar-refractivity contribution in [3.8, 4) is 17.2 Å². The Kier molecular flexibility index (Phi) is 4.40. The number of hydrogen-bond donors (Lipinski definition) is 1. The Labute approximate surface area is 124 Å². The minimum Gasteiger partial charge on any atom is -0.492 e. The SMILES string of the molecule is CCOc1cc(Oc2cc(C)c(Cl)c(C)c2)ccc1N. The third-order valence-corrected chi connectivity index (χ3v) is 3.53. The average Bonchev–Trinajstić information content (AvgIpc) is 2.40. The highest BCUT2D eigenvalue weighted by Gasteiger charge is 2.07. The Morgan fingerprint density at radius 1 is 1.05 bits per heavy atom. The summed E-state index contributed by atoms with van der Waals surface area (Å²) in [5.74, 6) is 2.06. The number of nitrogen functional groups attached to an aromatic ring is 1. The van der Waals surface area contributed by atoms with Crippen LogP contribution in [0.5, 0.6) is 17.2 Å². The largest absolute Gasteiger partial charge is 0.492 e. The molecule has 0 aliphatic heterocycles. The molecule has 0 aliphatic rings. The first-order valence-corrected chi connectivity index (χ1v) is 6.86. The number of rotatable bonds is 4. The smallest absolute Gasteiger partial charge is 0.145 e. The molecule has 0 saturated carbocycles. The summed E-state index contributed by atoms with van der Waals surface area (Å²) in [5, 5.41) is 0.768. The summed E-state index contributed by atoms with van der Waals surface area (Å²) in [6.45, 7) is 6.39. The minimum absolute atomic E-state index is 0.562. The van der Waals surface area contributed by atoms with Gasteiger partial charge in [-0.3, -0.25) is 0 Å². The maximum atomic E-state index is 6.15. The first-order valence-electron chi connectivity index (χ1n) is 6.48. The molecule has 106 valence electrons. The molecule has 0 fully saturated rings. The number of aryl methyl sites for hydroxylation is 2. The molecule has 0 radical (unpaired) electrons. The second kappa shape index (κ2) is 6.06. The zero-order valence-corrected chi connectivity index (χ0v) is 12.6. The predicted molar refractivity (Wildman–Crippen MR) is 83.0 cm³/mol. The van der Waals surface area contributed by atoms with Crippen molar-refractivity contribution in [3.63, 3.8) is 0 Å². The van der Waals surface area contributed by atoms with Gasteiger partial charge in [0.1, 0.15) is 17.2 Å². The van der Waals surface area contributed by atoms with Crippen molar-refractivity contribution >= 4 is 17.3 Å². The molecule has 0 spiro atoms. The van der Waals surface area contributed by atoms with Crippen molar-refractivity contribution in [1.29, 1.82) is 0 Å². The molecule has 0 atom stereocenters. The van der Waals surface area contributed by atoms with Gasteiger partial charge in [0.2, 0.25) is 0 Å². The van der Waals surface area contributed by atoms with Gasteiger partial charge < -0.3 is 15.2 Å². The number of hydrogen-bond acceptors (Lipinski definition) is 3. The molecule has 4 heteroatoms. The van der Waals surface area contributed by atoms with Gasteiger partial charge in [-0.25, -0.2) is 0 Å². The van der Waals surface area contributed by atoms with Gasteiger partial charge in [-0.2, -0.15) is 0 Å². The monoisotopic (exact) mass is 291 g/mol. The van der Waals surface area contributed by atoms with Crippen LogP contribution in [0.1, 0.15) is 18.1 Å². The Morgan fingerprint density at radius 3 is 2.30 bits per heavy atom. The van der Waals surface area contributed by atoms with Gasteiger partial charge in [-0.15, -0.1) is 0 Å². The molecular weight excluding hydrogens is 274 g/mol. The zero-order chi connectivity index (χ0) is 14.7. The molecule has 0 aromatic heterocycles. The van der Waals surface area contributed by atoms with Gasteiger partial charge in [-0.1, -0.05) is 11.6 Å². The lowest BCUT2D eigenvalue weighted by Gasteiger charge is -2.12. The molecule has 2 aromatic carbocycles. The molecular formula is C16H18ClNO2. The topological polar surface area (TPSA) is 44.5 Å². The van der Waals surface area contributed by atoms with E-state index in [9.17, 15) is 0 Å². The summed E-state index contributed by atoms with van der Waals surface area (Å²) < 4.78 is 11.3. The quantitative estimate of drug-likeness (QED) is 0.828. The highest BCUT2D eigenvalue weighted by atomic mass is 35.5. The Bertz CT molecular complexity index is 603. The molecule has 0 heterocycles. The maximum Gasteiger partial charge on any atom is 0.145 e. The number of benzene rings is 2. The third kappa shape index (κ3) is 3.17. The van der Waals surface area contributed by atoms with Crippen molar-refractivity contribution < 1.29 is 9.47 Å². The number of ether oxygens (including phenoxy) is 2. The van der Waals surface area contributed by atoms with Crippen LogP contribution < -0.4 is 15.2 Å². The fourth-order valence-corrected chi connectivity index (χ4v) is 2.07. The van der Waals surface area contributed by atoms with Crippen molar-refractivity contribution in [2.45, 2.75) is 20.8 Å². The Morgan fingerprint density at radius 2 is 1.70 bits per heavy atom. The summed E-state index contributed by atoms with van der Waals surface area (Å²) in [5.41, 5.74) is 8.41. The second-order valence-corrected chi connectivity index (χ2v) is 4.98. The van der Waals surface area contributed by atoms with Crippen LogP contribution in [-0.2, 0) is 0 Å². The minimum atomic E-state index is 0.562. The number of nitrogens with two attached hydrogens (primary N) is 1. The molecule has 0 unspecified atom stereocenters. The molecule has 0 amide bonds. The molecule has 2 N–H and O–H groups in total. The van der Waals surface area contributed by atoms with Gasteiger partial charge in [0.05, 0.1) is 12.3 Å². The van der Waals surface area contributed by atoms with E-state index < -0.39 is 0 Å². The average molecular weight is 292 g/mol. The zero-order valence-electron chi connectivity index (χ0n) is 11.9. The van der Waals surface area contributed by atoms with Crippen molar-refractivity contribution in [2.24, 2.45) is 0 Å². The number of halogens is 1. The van der Waals surface area contributed by atoms with Gasteiger partial charge >= 0.3 is 0 Å². The van der Waals surface area contributed by atoms with Gasteiger partial charge in [0.25, 0.3) is 0 Å². The van der Waals surface area contributed by atoms with E-state index in [4.69, 9.17) is 26.8 Å². The predicted octanol–water partition coefficient (Wildman–Crippen LogP) is 4.73. The van der Waals surface area contributed by atoms with Crippen LogP contribution in [-0.4, -0.2) is 6.61 Å². The third-order valence-electron chi connectivity index (χ3n) is 2.93. The molecule has 3 nitrogen and oxygen atoms in total. The van der Waals surface area contributed by atoms with Crippen LogP contribution in [0.25, 0.3) is 0 Å². The van der Waals surface area contributed by atoms with Crippen molar-refractivity contribution in [2.75, 3.05) is 12.3 Å². The van der Waals surface area contributed by atoms with E-state index in [0.717, 1.165) is 21.9 Å². The number of anilines is 1. The van der Waals surface area contributed by atoms with Crippen LogP contribution in [0.3, 0.4) is 0 Å². The van der Waals surface area contributed by atoms with E-state index in [1.54, 1.807) is 12.1 Å². The van der Waals surface area contributed by atoms with Gasteiger partial charge in [0.15, 0.2) is 0 Å². The lowest BCUT2D eigenvalue weighted by atomic mass is 10.1. The first kappa shape index (κ1) is 14.5. The Balaban J connectivity index is 2.28. The summed E-state index contributed by atoms with van der Waals surface area (Å²) >= 11 is 6.15. The normalized spacial score (nSPS) is 10.4. The highest BCUT2D eigenvalue weighted by Crippen LogP contribution is 2.32. The standard InChI is InChI=1S/C16H18ClNO2/c1-4-19-15-9-12(5-6-14(15)18)20-13-7-10(2)16(17)11(3)8-13/h5-9H,4,18H2,1-3H3. The molecule has 2 aromatic rings. The van der Waals surface area contributed by atoms with E-state index in [2.05, 4.69) is 0 Å². The lowest BCUT2D eigenvalue weighted by Crippen LogP contribution is -1.97. The van der Waals surface area contributed by atoms with E-state index in [0.29, 0.717) is 23.8 Å². The van der Waals surface area contributed by atoms with E-state index in [1.165, 1.54) is 0 Å². The first-order chi connectivity index (χ1) is 9.51. The molecule has 2 rings (SSSR count). The highest BCUT2D eigenvalue weighted by molar-refractivity contribution is 6.32. The maximum absolute atomic E-state index is 6.15. The summed E-state index contributed by atoms with van der Waals surface area (Å²) in [4.78, 5) is 0. The van der Waals surface area contributed by atoms with Crippen LogP contribution in [0, 0.1) is 13.8 Å². The molecule has 0 saturated heterocycles. The van der Waals surface area contributed by atoms with Crippen LogP contribution >= 0.6 is 11.6 Å². The summed E-state index contributed by atoms with van der Waals surface area (Å²) in [6, 6.07) is 9.20. The molecule has 0 bridgehead atoms. The summed E-state index contributed by atoms with van der Waals surface area (Å²) in [7, 11) is 0. The van der Waals surface area contributed by atoms with Crippen molar-refractivity contribution in [3.05, 3.63) is 46.5 Å². The van der Waals surface area contributed by atoms with E-state index in [1.807, 2.05) is 39.0 Å². The fourth-order valence-electron chi connectivity index (χ4n) is 1.96. The van der Waals surface area contributed by atoms with Crippen LogP contribution in [0.15, 0.2) is 30.3 Å². The van der Waals surface area contributed by atoms with E-state index in [-0.39, 0.29) is 0 Å². The Hall–Kier alpha value is -1.87. The molecule has 20 heavy (non-hydrogen) atoms. The summed E-state index contributed by atoms with van der Waals surface area (Å²) in [6.07, 6.45) is 0. The van der Waals surface area contributed by atoms with Crippen LogP contribution in [0.2, 0.25) is 5.02 Å². The van der Waals surface area contributed by atoms with Gasteiger partial charge in [0, 0.05) is 11.1 Å². The fraction of sp³-hybridized carbons (Fsp3) is 0.250. The van der Waals surface area contributed by atoms with Gasteiger partial charge in [-0.05, 0) is 56.2 Å². The van der Waals surface area contributed by atoms with Crippen LogP contribution in [0.4, 0.5) is 5.69 Å². The van der Waals surface area contributed by atoms with E-state index >= 15 is 0 Å². The van der Waals surface area contributed by atoms with Crippen molar-refractivity contribution in [1.82, 2.24) is 0 Å². The molecule has 0 aliphatic carbocycles.